The van der Waals surface area contributed by atoms with E-state index in [1.807, 2.05) is 0 Å². The van der Waals surface area contributed by atoms with Crippen molar-refractivity contribution < 1.29 is 13.2 Å². The van der Waals surface area contributed by atoms with Crippen molar-refractivity contribution >= 4 is 15.9 Å². The predicted octanol–water partition coefficient (Wildman–Crippen LogP) is 0.887. The van der Waals surface area contributed by atoms with Gasteiger partial charge >= 0.3 is 0 Å². The average molecular weight is 231 g/mol. The Morgan fingerprint density at radius 2 is 1.93 bits per heavy atom. The highest BCUT2D eigenvalue weighted by Gasteiger charge is 2.47. The highest BCUT2D eigenvalue weighted by atomic mass is 32.2. The van der Waals surface area contributed by atoms with Gasteiger partial charge in [-0.1, -0.05) is 13.8 Å². The molecule has 0 saturated heterocycles. The van der Waals surface area contributed by atoms with Crippen molar-refractivity contribution in [2.45, 2.75) is 38.4 Å². The van der Waals surface area contributed by atoms with Crippen LogP contribution in [0.2, 0.25) is 0 Å². The summed E-state index contributed by atoms with van der Waals surface area (Å²) >= 11 is 0. The molecule has 0 aromatic carbocycles. The van der Waals surface area contributed by atoms with Gasteiger partial charge in [-0.05, 0) is 31.1 Å². The number of sulfonamides is 1. The third-order valence-electron chi connectivity index (χ3n) is 3.24. The van der Waals surface area contributed by atoms with Gasteiger partial charge in [0, 0.05) is 5.92 Å². The van der Waals surface area contributed by atoms with E-state index < -0.39 is 10.0 Å². The predicted molar refractivity (Wildman–Crippen MR) is 56.5 cm³/mol. The highest BCUT2D eigenvalue weighted by Crippen LogP contribution is 2.44. The first-order valence-corrected chi connectivity index (χ1v) is 7.02. The summed E-state index contributed by atoms with van der Waals surface area (Å²) in [6.07, 6.45) is 2.23. The molecule has 1 amide bonds. The summed E-state index contributed by atoms with van der Waals surface area (Å²) in [6.45, 7) is 4.13. The van der Waals surface area contributed by atoms with Crippen molar-refractivity contribution in [1.29, 1.82) is 0 Å². The number of nitrogens with one attached hydrogen (secondary N) is 1. The standard InChI is InChI=1S/C10H17NO3S/c1-6(2)8-5-9(8)10(12)11-15(13,14)7-3-4-7/h6-9H,3-5H2,1-2H3,(H,11,12)/t8?,9-/m0/s1. The monoisotopic (exact) mass is 231 g/mol. The summed E-state index contributed by atoms with van der Waals surface area (Å²) < 4.78 is 25.2. The molecule has 1 unspecified atom stereocenters. The third-order valence-corrected chi connectivity index (χ3v) is 5.07. The summed E-state index contributed by atoms with van der Waals surface area (Å²) in [7, 11) is -3.34. The molecule has 5 heteroatoms. The van der Waals surface area contributed by atoms with Gasteiger partial charge in [0.15, 0.2) is 0 Å². The molecule has 2 aliphatic rings. The van der Waals surface area contributed by atoms with Gasteiger partial charge in [-0.15, -0.1) is 0 Å². The van der Waals surface area contributed by atoms with E-state index in [0.29, 0.717) is 24.7 Å². The van der Waals surface area contributed by atoms with Crippen molar-refractivity contribution in [3.63, 3.8) is 0 Å². The van der Waals surface area contributed by atoms with E-state index in [-0.39, 0.29) is 17.1 Å². The van der Waals surface area contributed by atoms with Crippen molar-refractivity contribution in [2.75, 3.05) is 0 Å². The lowest BCUT2D eigenvalue weighted by atomic mass is 10.1. The molecule has 0 bridgehead atoms. The Morgan fingerprint density at radius 3 is 2.33 bits per heavy atom. The first kappa shape index (κ1) is 10.9. The minimum absolute atomic E-state index is 0.0708. The fourth-order valence-corrected chi connectivity index (χ4v) is 3.29. The molecule has 0 heterocycles. The van der Waals surface area contributed by atoms with Crippen LogP contribution >= 0.6 is 0 Å². The van der Waals surface area contributed by atoms with Crippen LogP contribution in [0.1, 0.15) is 33.1 Å². The number of amides is 1. The smallest absolute Gasteiger partial charge is 0.237 e. The molecular weight excluding hydrogens is 214 g/mol. The van der Waals surface area contributed by atoms with E-state index in [1.54, 1.807) is 0 Å². The lowest BCUT2D eigenvalue weighted by Gasteiger charge is -2.06. The Labute approximate surface area is 90.5 Å². The van der Waals surface area contributed by atoms with Crippen LogP contribution in [0.4, 0.5) is 0 Å². The fourth-order valence-electron chi connectivity index (χ4n) is 1.93. The van der Waals surface area contributed by atoms with Gasteiger partial charge in [-0.2, -0.15) is 0 Å². The minimum atomic E-state index is -3.34. The van der Waals surface area contributed by atoms with Gasteiger partial charge in [0.2, 0.25) is 15.9 Å². The zero-order valence-electron chi connectivity index (χ0n) is 9.06. The second-order valence-electron chi connectivity index (χ2n) is 4.96. The zero-order chi connectivity index (χ0) is 11.2. The molecule has 86 valence electrons. The normalized spacial score (nSPS) is 30.3. The molecule has 2 saturated carbocycles. The molecule has 0 aliphatic heterocycles. The maximum atomic E-state index is 11.6. The fraction of sp³-hybridized carbons (Fsp3) is 0.900. The van der Waals surface area contributed by atoms with Crippen molar-refractivity contribution in [3.05, 3.63) is 0 Å². The molecule has 15 heavy (non-hydrogen) atoms. The Morgan fingerprint density at radius 1 is 1.33 bits per heavy atom. The number of hydrogen-bond acceptors (Lipinski definition) is 3. The minimum Gasteiger partial charge on any atom is -0.274 e. The Hall–Kier alpha value is -0.580. The molecule has 0 aromatic heterocycles. The van der Waals surface area contributed by atoms with Crippen molar-refractivity contribution in [2.24, 2.45) is 17.8 Å². The number of carbonyl (C=O) groups is 1. The van der Waals surface area contributed by atoms with Gasteiger partial charge in [-0.3, -0.25) is 9.52 Å². The third kappa shape index (κ3) is 2.33. The topological polar surface area (TPSA) is 63.2 Å². The van der Waals surface area contributed by atoms with Gasteiger partial charge < -0.3 is 0 Å². The van der Waals surface area contributed by atoms with Crippen LogP contribution in [0.15, 0.2) is 0 Å². The van der Waals surface area contributed by atoms with Gasteiger partial charge in [0.25, 0.3) is 0 Å². The summed E-state index contributed by atoms with van der Waals surface area (Å²) in [5.41, 5.74) is 0. The van der Waals surface area contributed by atoms with Crippen molar-refractivity contribution in [1.82, 2.24) is 4.72 Å². The molecule has 2 aliphatic carbocycles. The van der Waals surface area contributed by atoms with Gasteiger partial charge in [-0.25, -0.2) is 8.42 Å². The van der Waals surface area contributed by atoms with Gasteiger partial charge in [0.05, 0.1) is 5.25 Å². The van der Waals surface area contributed by atoms with Crippen molar-refractivity contribution in [3.8, 4) is 0 Å². The molecule has 0 radical (unpaired) electrons. The van der Waals surface area contributed by atoms with E-state index in [4.69, 9.17) is 0 Å². The van der Waals surface area contributed by atoms with E-state index in [9.17, 15) is 13.2 Å². The lowest BCUT2D eigenvalue weighted by molar-refractivity contribution is -0.120. The molecular formula is C10H17NO3S. The van der Waals surface area contributed by atoms with Crippen LogP contribution in [-0.4, -0.2) is 19.6 Å². The van der Waals surface area contributed by atoms with Crippen LogP contribution in [-0.2, 0) is 14.8 Å². The molecule has 0 spiro atoms. The summed E-state index contributed by atoms with van der Waals surface area (Å²) in [4.78, 5) is 11.6. The summed E-state index contributed by atoms with van der Waals surface area (Å²) in [5.74, 6) is 0.475. The van der Waals surface area contributed by atoms with Crippen LogP contribution in [0.5, 0.6) is 0 Å². The first-order valence-electron chi connectivity index (χ1n) is 5.47. The maximum absolute atomic E-state index is 11.6. The van der Waals surface area contributed by atoms with Gasteiger partial charge in [0.1, 0.15) is 0 Å². The second kappa shape index (κ2) is 3.47. The Bertz CT molecular complexity index is 370. The Kier molecular flexibility index (Phi) is 2.53. The molecule has 1 N–H and O–H groups in total. The largest absolute Gasteiger partial charge is 0.274 e. The Balaban J connectivity index is 1.89. The number of carbonyl (C=O) groups excluding carboxylic acids is 1. The maximum Gasteiger partial charge on any atom is 0.237 e. The SMILES string of the molecule is CC(C)C1C[C@@H]1C(=O)NS(=O)(=O)C1CC1. The van der Waals surface area contributed by atoms with Crippen LogP contribution in [0.25, 0.3) is 0 Å². The summed E-state index contributed by atoms with van der Waals surface area (Å²) in [6, 6.07) is 0. The second-order valence-corrected chi connectivity index (χ2v) is 6.92. The number of hydrogen-bond donors (Lipinski definition) is 1. The molecule has 2 rings (SSSR count). The van der Waals surface area contributed by atoms with E-state index in [2.05, 4.69) is 18.6 Å². The lowest BCUT2D eigenvalue weighted by Crippen LogP contribution is -2.34. The van der Waals surface area contributed by atoms with Crippen LogP contribution in [0, 0.1) is 17.8 Å². The molecule has 2 atom stereocenters. The molecule has 2 fully saturated rings. The van der Waals surface area contributed by atoms with E-state index in [1.165, 1.54) is 0 Å². The molecule has 0 aromatic rings. The van der Waals surface area contributed by atoms with Crippen LogP contribution < -0.4 is 4.72 Å². The highest BCUT2D eigenvalue weighted by molar-refractivity contribution is 7.90. The molecule has 4 nitrogen and oxygen atoms in total. The summed E-state index contributed by atoms with van der Waals surface area (Å²) in [5, 5.41) is -0.308. The number of rotatable bonds is 4. The van der Waals surface area contributed by atoms with Crippen LogP contribution in [0.3, 0.4) is 0 Å². The average Bonchev–Trinajstić information content (AvgIpc) is 2.98. The zero-order valence-corrected chi connectivity index (χ0v) is 9.88. The van der Waals surface area contributed by atoms with E-state index >= 15 is 0 Å². The van der Waals surface area contributed by atoms with E-state index in [0.717, 1.165) is 6.42 Å². The quantitative estimate of drug-likeness (QED) is 0.781. The first-order chi connectivity index (χ1) is 6.92.